The number of thioether (sulfide) groups is 1. The average molecular weight is 321 g/mol. The van der Waals surface area contributed by atoms with E-state index >= 15 is 0 Å². The molecule has 2 rings (SSSR count). The monoisotopic (exact) mass is 321 g/mol. The van der Waals surface area contributed by atoms with Crippen molar-refractivity contribution in [1.29, 1.82) is 0 Å². The van der Waals surface area contributed by atoms with Crippen LogP contribution >= 0.6 is 23.1 Å². The van der Waals surface area contributed by atoms with Gasteiger partial charge in [-0.25, -0.2) is 4.98 Å². The van der Waals surface area contributed by atoms with Crippen molar-refractivity contribution >= 4 is 29.1 Å². The maximum atomic E-state index is 5.82. The summed E-state index contributed by atoms with van der Waals surface area (Å²) in [5.74, 6) is 1.52. The highest BCUT2D eigenvalue weighted by molar-refractivity contribution is 8.00. The molecule has 0 aromatic carbocycles. The number of aromatic nitrogens is 2. The van der Waals surface area contributed by atoms with E-state index in [1.165, 1.54) is 0 Å². The zero-order valence-electron chi connectivity index (χ0n) is 11.7. The summed E-state index contributed by atoms with van der Waals surface area (Å²) in [5.41, 5.74) is 6.87. The van der Waals surface area contributed by atoms with E-state index in [9.17, 15) is 0 Å². The van der Waals surface area contributed by atoms with Crippen LogP contribution in [-0.2, 0) is 6.42 Å². The summed E-state index contributed by atoms with van der Waals surface area (Å²) in [6.07, 6.45) is 5.46. The number of hydrogen-bond acceptors (Lipinski definition) is 5. The third-order valence-electron chi connectivity index (χ3n) is 2.63. The third kappa shape index (κ3) is 6.59. The van der Waals surface area contributed by atoms with Crippen molar-refractivity contribution in [2.45, 2.75) is 17.2 Å². The van der Waals surface area contributed by atoms with Gasteiger partial charge in [-0.1, -0.05) is 17.8 Å². The van der Waals surface area contributed by atoms with Gasteiger partial charge in [0.2, 0.25) is 0 Å². The van der Waals surface area contributed by atoms with E-state index < -0.39 is 0 Å². The highest BCUT2D eigenvalue weighted by Crippen LogP contribution is 2.20. The van der Waals surface area contributed by atoms with Gasteiger partial charge in [0.15, 0.2) is 5.96 Å². The Morgan fingerprint density at radius 1 is 1.33 bits per heavy atom. The zero-order valence-corrected chi connectivity index (χ0v) is 13.4. The van der Waals surface area contributed by atoms with Crippen LogP contribution in [-0.4, -0.2) is 34.8 Å². The minimum absolute atomic E-state index is 0.505. The second kappa shape index (κ2) is 9.36. The Labute approximate surface area is 133 Å². The molecule has 0 radical (unpaired) electrons. The van der Waals surface area contributed by atoms with Gasteiger partial charge in [-0.15, -0.1) is 11.3 Å². The standard InChI is InChI=1S/C14H19N5S2/c15-13(18-8-5-12-4-1-2-6-16-12)17-7-3-10-20-14-19-9-11-21-14/h1-2,4,6,9,11H,3,5,7-8,10H2,(H3,15,17,18). The molecule has 2 aromatic rings. The second-order valence-corrected chi connectivity index (χ2v) is 6.50. The molecule has 0 saturated carbocycles. The van der Waals surface area contributed by atoms with Gasteiger partial charge in [-0.2, -0.15) is 0 Å². The molecule has 0 unspecified atom stereocenters. The number of thiazole rings is 1. The predicted octanol–water partition coefficient (Wildman–Crippen LogP) is 2.17. The topological polar surface area (TPSA) is 76.2 Å². The van der Waals surface area contributed by atoms with Crippen LogP contribution in [0, 0.1) is 0 Å². The fourth-order valence-corrected chi connectivity index (χ4v) is 3.26. The smallest absolute Gasteiger partial charge is 0.188 e. The van der Waals surface area contributed by atoms with E-state index in [1.54, 1.807) is 29.3 Å². The molecule has 5 nitrogen and oxygen atoms in total. The van der Waals surface area contributed by atoms with Crippen LogP contribution in [0.1, 0.15) is 12.1 Å². The number of rotatable bonds is 8. The maximum Gasteiger partial charge on any atom is 0.188 e. The molecule has 21 heavy (non-hydrogen) atoms. The Morgan fingerprint density at radius 3 is 3.05 bits per heavy atom. The number of nitrogens with two attached hydrogens (primary N) is 1. The van der Waals surface area contributed by atoms with Crippen molar-refractivity contribution in [3.8, 4) is 0 Å². The van der Waals surface area contributed by atoms with Gasteiger partial charge in [0.1, 0.15) is 4.34 Å². The van der Waals surface area contributed by atoms with E-state index in [4.69, 9.17) is 5.73 Å². The van der Waals surface area contributed by atoms with E-state index in [-0.39, 0.29) is 0 Å². The summed E-state index contributed by atoms with van der Waals surface area (Å²) in [7, 11) is 0. The molecule has 0 bridgehead atoms. The van der Waals surface area contributed by atoms with Crippen molar-refractivity contribution in [3.05, 3.63) is 41.7 Å². The van der Waals surface area contributed by atoms with Gasteiger partial charge >= 0.3 is 0 Å². The minimum atomic E-state index is 0.505. The number of pyridine rings is 1. The lowest BCUT2D eigenvalue weighted by Crippen LogP contribution is -2.33. The lowest BCUT2D eigenvalue weighted by atomic mass is 10.3. The molecule has 112 valence electrons. The van der Waals surface area contributed by atoms with E-state index in [0.717, 1.165) is 41.7 Å². The lowest BCUT2D eigenvalue weighted by Gasteiger charge is -2.05. The highest BCUT2D eigenvalue weighted by atomic mass is 32.2. The first kappa shape index (κ1) is 15.8. The summed E-state index contributed by atoms with van der Waals surface area (Å²) < 4.78 is 1.11. The Bertz CT molecular complexity index is 528. The molecular formula is C14H19N5S2. The Hall–Kier alpha value is -1.60. The molecule has 0 spiro atoms. The van der Waals surface area contributed by atoms with Gasteiger partial charge in [0, 0.05) is 48.7 Å². The van der Waals surface area contributed by atoms with Crippen LogP contribution in [0.15, 0.2) is 45.3 Å². The summed E-state index contributed by atoms with van der Waals surface area (Å²) in [6, 6.07) is 5.90. The van der Waals surface area contributed by atoms with Gasteiger partial charge < -0.3 is 11.1 Å². The second-order valence-electron chi connectivity index (χ2n) is 4.26. The molecule has 2 aromatic heterocycles. The molecule has 3 N–H and O–H groups in total. The number of guanidine groups is 1. The average Bonchev–Trinajstić information content (AvgIpc) is 3.01. The van der Waals surface area contributed by atoms with Crippen LogP contribution in [0.2, 0.25) is 0 Å². The summed E-state index contributed by atoms with van der Waals surface area (Å²) >= 11 is 3.43. The quantitative estimate of drug-likeness (QED) is 0.337. The first-order valence-electron chi connectivity index (χ1n) is 6.80. The van der Waals surface area contributed by atoms with Gasteiger partial charge in [0.25, 0.3) is 0 Å². The molecule has 0 aliphatic heterocycles. The lowest BCUT2D eigenvalue weighted by molar-refractivity contribution is 0.823. The van der Waals surface area contributed by atoms with Crippen LogP contribution in [0.4, 0.5) is 0 Å². The van der Waals surface area contributed by atoms with Crippen molar-refractivity contribution in [3.63, 3.8) is 0 Å². The van der Waals surface area contributed by atoms with Crippen LogP contribution in [0.5, 0.6) is 0 Å². The SMILES string of the molecule is NC(=NCCCSc1nccs1)NCCc1ccccn1. The van der Waals surface area contributed by atoms with Crippen LogP contribution in [0.25, 0.3) is 0 Å². The molecule has 0 fully saturated rings. The largest absolute Gasteiger partial charge is 0.370 e. The Morgan fingerprint density at radius 2 is 2.29 bits per heavy atom. The van der Waals surface area contributed by atoms with E-state index in [0.29, 0.717) is 5.96 Å². The fraction of sp³-hybridized carbons (Fsp3) is 0.357. The van der Waals surface area contributed by atoms with Gasteiger partial charge in [-0.3, -0.25) is 9.98 Å². The summed E-state index contributed by atoms with van der Waals surface area (Å²) in [6.45, 7) is 1.49. The first-order valence-corrected chi connectivity index (χ1v) is 8.67. The Kier molecular flexibility index (Phi) is 7.03. The number of nitrogens with zero attached hydrogens (tertiary/aromatic N) is 3. The molecule has 7 heteroatoms. The number of nitrogens with one attached hydrogen (secondary N) is 1. The van der Waals surface area contributed by atoms with Crippen LogP contribution < -0.4 is 11.1 Å². The van der Waals surface area contributed by atoms with E-state index in [2.05, 4.69) is 20.3 Å². The number of aliphatic imine (C=N–C) groups is 1. The maximum absolute atomic E-state index is 5.82. The fourth-order valence-electron chi connectivity index (χ4n) is 1.63. The van der Waals surface area contributed by atoms with Crippen molar-refractivity contribution in [2.75, 3.05) is 18.8 Å². The van der Waals surface area contributed by atoms with Crippen LogP contribution in [0.3, 0.4) is 0 Å². The number of hydrogen-bond donors (Lipinski definition) is 2. The van der Waals surface area contributed by atoms with Crippen molar-refractivity contribution < 1.29 is 0 Å². The van der Waals surface area contributed by atoms with E-state index in [1.807, 2.05) is 29.8 Å². The normalized spacial score (nSPS) is 11.5. The highest BCUT2D eigenvalue weighted by Gasteiger charge is 1.97. The molecule has 0 aliphatic carbocycles. The molecule has 0 atom stereocenters. The van der Waals surface area contributed by atoms with Crippen molar-refractivity contribution in [2.24, 2.45) is 10.7 Å². The predicted molar refractivity (Wildman–Crippen MR) is 89.9 cm³/mol. The molecule has 0 saturated heterocycles. The Balaban J connectivity index is 1.54. The summed E-state index contributed by atoms with van der Waals surface area (Å²) in [5, 5.41) is 5.10. The van der Waals surface area contributed by atoms with Gasteiger partial charge in [0.05, 0.1) is 0 Å². The molecule has 0 amide bonds. The zero-order chi connectivity index (χ0) is 14.8. The van der Waals surface area contributed by atoms with Crippen molar-refractivity contribution in [1.82, 2.24) is 15.3 Å². The minimum Gasteiger partial charge on any atom is -0.370 e. The first-order chi connectivity index (χ1) is 10.3. The molecular weight excluding hydrogens is 302 g/mol. The van der Waals surface area contributed by atoms with Gasteiger partial charge in [-0.05, 0) is 18.6 Å². The summed E-state index contributed by atoms with van der Waals surface area (Å²) in [4.78, 5) is 12.8. The molecule has 0 aliphatic rings. The molecule has 2 heterocycles. The third-order valence-corrected chi connectivity index (χ3v) is 4.69.